The lowest BCUT2D eigenvalue weighted by atomic mass is 9.99. The number of methoxy groups -OCH3 is 1. The molecule has 0 saturated heterocycles. The minimum atomic E-state index is -0.907. The molecule has 0 heterocycles. The van der Waals surface area contributed by atoms with Crippen molar-refractivity contribution in [2.24, 2.45) is 0 Å². The second kappa shape index (κ2) is 7.88. The second-order valence-electron chi connectivity index (χ2n) is 6.45. The summed E-state index contributed by atoms with van der Waals surface area (Å²) in [7, 11) is 1.33. The van der Waals surface area contributed by atoms with E-state index in [0.717, 1.165) is 18.5 Å². The molecule has 0 aliphatic heterocycles. The van der Waals surface area contributed by atoms with E-state index in [0.29, 0.717) is 22.0 Å². The molecule has 5 nitrogen and oxygen atoms in total. The van der Waals surface area contributed by atoms with Crippen LogP contribution in [0.1, 0.15) is 51.3 Å². The van der Waals surface area contributed by atoms with Crippen LogP contribution in [0.3, 0.4) is 0 Å². The van der Waals surface area contributed by atoms with Gasteiger partial charge >= 0.3 is 5.97 Å². The van der Waals surface area contributed by atoms with Crippen molar-refractivity contribution in [3.63, 3.8) is 0 Å². The van der Waals surface area contributed by atoms with Gasteiger partial charge < -0.3 is 20.5 Å². The molecule has 0 aliphatic rings. The van der Waals surface area contributed by atoms with Gasteiger partial charge in [0.1, 0.15) is 0 Å². The predicted molar refractivity (Wildman–Crippen MR) is 95.0 cm³/mol. The molecule has 0 radical (unpaired) electrons. The van der Waals surface area contributed by atoms with E-state index >= 15 is 0 Å². The number of anilines is 2. The number of benzene rings is 1. The van der Waals surface area contributed by atoms with Crippen molar-refractivity contribution in [3.8, 4) is 0 Å². The van der Waals surface area contributed by atoms with Crippen LogP contribution in [0, 0.1) is 6.92 Å². The van der Waals surface area contributed by atoms with E-state index in [4.69, 9.17) is 26.8 Å². The molecule has 0 aromatic heterocycles. The van der Waals surface area contributed by atoms with Crippen LogP contribution in [-0.4, -0.2) is 25.2 Å². The van der Waals surface area contributed by atoms with Gasteiger partial charge in [-0.2, -0.15) is 0 Å². The van der Waals surface area contributed by atoms with Gasteiger partial charge in [0.2, 0.25) is 0 Å². The monoisotopic (exact) mass is 342 g/mol. The molecule has 1 aromatic rings. The number of rotatable bonds is 6. The number of aryl methyl sites for hydroxylation is 1. The van der Waals surface area contributed by atoms with Gasteiger partial charge in [-0.1, -0.05) is 18.5 Å². The Bertz CT molecular complexity index is 568. The number of hydrogen-bond acceptors (Lipinski definition) is 5. The molecule has 0 fully saturated rings. The average Bonchev–Trinajstić information content (AvgIpc) is 2.43. The van der Waals surface area contributed by atoms with Gasteiger partial charge in [-0.25, -0.2) is 4.79 Å². The largest absolute Gasteiger partial charge is 0.467 e. The third kappa shape index (κ3) is 5.01. The van der Waals surface area contributed by atoms with Gasteiger partial charge in [-0.15, -0.1) is 0 Å². The van der Waals surface area contributed by atoms with E-state index in [-0.39, 0.29) is 0 Å². The molecule has 0 aliphatic carbocycles. The highest BCUT2D eigenvalue weighted by molar-refractivity contribution is 6.35. The topological polar surface area (TPSA) is 73.6 Å². The van der Waals surface area contributed by atoms with E-state index in [1.165, 1.54) is 7.11 Å². The summed E-state index contributed by atoms with van der Waals surface area (Å²) in [5.41, 5.74) is 8.07. The Balaban J connectivity index is 3.43. The molecule has 130 valence electrons. The highest BCUT2D eigenvalue weighted by Gasteiger charge is 2.32. The lowest BCUT2D eigenvalue weighted by molar-refractivity contribution is -0.164. The van der Waals surface area contributed by atoms with Crippen LogP contribution in [0.2, 0.25) is 5.02 Å². The Morgan fingerprint density at radius 1 is 1.43 bits per heavy atom. The quantitative estimate of drug-likeness (QED) is 0.602. The van der Waals surface area contributed by atoms with Crippen molar-refractivity contribution in [2.75, 3.05) is 24.7 Å². The smallest absolute Gasteiger partial charge is 0.339 e. The van der Waals surface area contributed by atoms with Crippen LogP contribution >= 0.6 is 11.6 Å². The minimum absolute atomic E-state index is 0.399. The first-order valence-corrected chi connectivity index (χ1v) is 8.08. The molecule has 0 saturated carbocycles. The van der Waals surface area contributed by atoms with Crippen molar-refractivity contribution < 1.29 is 14.3 Å². The molecule has 0 bridgehead atoms. The average molecular weight is 343 g/mol. The van der Waals surface area contributed by atoms with Crippen LogP contribution in [-0.2, 0) is 14.3 Å². The van der Waals surface area contributed by atoms with Crippen LogP contribution in [0.25, 0.3) is 0 Å². The summed E-state index contributed by atoms with van der Waals surface area (Å²) in [4.78, 5) is 12.2. The first-order chi connectivity index (χ1) is 10.6. The number of nitrogens with one attached hydrogen (secondary N) is 1. The number of halogens is 1. The molecule has 1 rings (SSSR count). The molecule has 0 amide bonds. The summed E-state index contributed by atoms with van der Waals surface area (Å²) in [6.45, 7) is 10.3. The number of nitrogen functional groups attached to an aromatic ring is 1. The molecule has 0 spiro atoms. The molecule has 6 heteroatoms. The van der Waals surface area contributed by atoms with Gasteiger partial charge in [0, 0.05) is 12.1 Å². The third-order valence-corrected chi connectivity index (χ3v) is 3.63. The summed E-state index contributed by atoms with van der Waals surface area (Å²) >= 11 is 6.55. The summed E-state index contributed by atoms with van der Waals surface area (Å²) in [6, 6.07) is 1.79. The Morgan fingerprint density at radius 2 is 2.04 bits per heavy atom. The Morgan fingerprint density at radius 3 is 2.52 bits per heavy atom. The van der Waals surface area contributed by atoms with E-state index in [2.05, 4.69) is 5.32 Å². The standard InChI is InChI=1S/C17H27ClN2O3/c1-7-8-20-14-11(19)9-10(2)12(13(14)18)15(16(21)22-6)23-17(3,4)5/h9,15,20H,7-8,19H2,1-6H3. The van der Waals surface area contributed by atoms with Crippen molar-refractivity contribution in [1.82, 2.24) is 0 Å². The SMILES string of the molecule is CCCNc1c(N)cc(C)c(C(OC(C)(C)C)C(=O)OC)c1Cl. The highest BCUT2D eigenvalue weighted by atomic mass is 35.5. The van der Waals surface area contributed by atoms with Crippen LogP contribution in [0.15, 0.2) is 6.07 Å². The van der Waals surface area contributed by atoms with E-state index in [1.807, 2.05) is 34.6 Å². The summed E-state index contributed by atoms with van der Waals surface area (Å²) in [6.07, 6.45) is 0.0213. The number of carbonyl (C=O) groups excluding carboxylic acids is 1. The Hall–Kier alpha value is -1.46. The minimum Gasteiger partial charge on any atom is -0.467 e. The van der Waals surface area contributed by atoms with Crippen molar-refractivity contribution in [1.29, 1.82) is 0 Å². The van der Waals surface area contributed by atoms with E-state index < -0.39 is 17.7 Å². The van der Waals surface area contributed by atoms with Gasteiger partial charge in [-0.3, -0.25) is 0 Å². The maximum atomic E-state index is 12.2. The van der Waals surface area contributed by atoms with Gasteiger partial charge in [0.05, 0.1) is 29.1 Å². The van der Waals surface area contributed by atoms with E-state index in [9.17, 15) is 4.79 Å². The van der Waals surface area contributed by atoms with Crippen molar-refractivity contribution in [2.45, 2.75) is 52.7 Å². The molecule has 1 unspecified atom stereocenters. The summed E-state index contributed by atoms with van der Waals surface area (Å²) in [5.74, 6) is -0.490. The lowest BCUT2D eigenvalue weighted by Gasteiger charge is -2.28. The van der Waals surface area contributed by atoms with Gasteiger partial charge in [-0.05, 0) is 45.7 Å². The van der Waals surface area contributed by atoms with Crippen LogP contribution in [0.4, 0.5) is 11.4 Å². The van der Waals surface area contributed by atoms with Crippen LogP contribution < -0.4 is 11.1 Å². The fourth-order valence-corrected chi connectivity index (χ4v) is 2.68. The fraction of sp³-hybridized carbons (Fsp3) is 0.588. The normalized spacial score (nSPS) is 12.8. The van der Waals surface area contributed by atoms with Crippen molar-refractivity contribution in [3.05, 3.63) is 22.2 Å². The summed E-state index contributed by atoms with van der Waals surface area (Å²) < 4.78 is 10.8. The Kier molecular flexibility index (Phi) is 6.71. The zero-order valence-corrected chi connectivity index (χ0v) is 15.5. The van der Waals surface area contributed by atoms with E-state index in [1.54, 1.807) is 6.07 Å². The third-order valence-electron chi connectivity index (χ3n) is 3.24. The second-order valence-corrected chi connectivity index (χ2v) is 6.82. The fourth-order valence-electron chi connectivity index (χ4n) is 2.25. The first-order valence-electron chi connectivity index (χ1n) is 7.70. The molecular weight excluding hydrogens is 316 g/mol. The van der Waals surface area contributed by atoms with Gasteiger partial charge in [0.25, 0.3) is 0 Å². The zero-order chi connectivity index (χ0) is 17.8. The summed E-state index contributed by atoms with van der Waals surface area (Å²) in [5, 5.41) is 3.61. The van der Waals surface area contributed by atoms with Gasteiger partial charge in [0.15, 0.2) is 6.10 Å². The number of esters is 1. The van der Waals surface area contributed by atoms with Crippen molar-refractivity contribution >= 4 is 28.9 Å². The Labute approximate surface area is 143 Å². The molecule has 1 aromatic carbocycles. The maximum absolute atomic E-state index is 12.2. The molecule has 23 heavy (non-hydrogen) atoms. The predicted octanol–water partition coefficient (Wildman–Crippen LogP) is 4.08. The number of nitrogens with two attached hydrogens (primary N) is 1. The van der Waals surface area contributed by atoms with Crippen LogP contribution in [0.5, 0.6) is 0 Å². The first kappa shape index (κ1) is 19.6. The maximum Gasteiger partial charge on any atom is 0.339 e. The number of ether oxygens (including phenoxy) is 2. The zero-order valence-electron chi connectivity index (χ0n) is 14.7. The molecular formula is C17H27ClN2O3. The molecule has 1 atom stereocenters. The number of hydrogen-bond donors (Lipinski definition) is 2. The number of carbonyl (C=O) groups is 1. The molecule has 3 N–H and O–H groups in total. The highest BCUT2D eigenvalue weighted by Crippen LogP contribution is 2.40. The lowest BCUT2D eigenvalue weighted by Crippen LogP contribution is -2.29.